The minimum absolute atomic E-state index is 0.944. The summed E-state index contributed by atoms with van der Waals surface area (Å²) in [5.41, 5.74) is 1.37. The molecule has 0 aliphatic rings. The van der Waals surface area contributed by atoms with Crippen LogP contribution in [0.3, 0.4) is 0 Å². The number of benzene rings is 3. The Morgan fingerprint density at radius 2 is 1.45 bits per heavy atom. The second-order valence-electron chi connectivity index (χ2n) is 5.65. The first-order valence-electron chi connectivity index (χ1n) is 7.33. The van der Waals surface area contributed by atoms with E-state index in [0.717, 1.165) is 6.54 Å². The normalized spacial score (nSPS) is 11.5. The minimum atomic E-state index is -2.46. The van der Waals surface area contributed by atoms with E-state index in [4.69, 9.17) is 8.51 Å². The zero-order chi connectivity index (χ0) is 15.5. The molecule has 0 atom stereocenters. The van der Waals surface area contributed by atoms with E-state index in [9.17, 15) is 0 Å². The second kappa shape index (κ2) is 7.09. The summed E-state index contributed by atoms with van der Waals surface area (Å²) in [6.07, 6.45) is 0. The Kier molecular flexibility index (Phi) is 5.13. The first-order valence-corrected chi connectivity index (χ1v) is 15.1. The van der Waals surface area contributed by atoms with Gasteiger partial charge in [-0.1, -0.05) is 0 Å². The van der Waals surface area contributed by atoms with Gasteiger partial charge in [-0.25, -0.2) is 0 Å². The SMILES string of the molecule is CN(C)Cc1cccc[c]1[Bi]([Cl])[c]1cccc2ccccc12. The molecule has 0 amide bonds. The average molecular weight is 506 g/mol. The third kappa shape index (κ3) is 3.35. The van der Waals surface area contributed by atoms with Crippen molar-refractivity contribution in [3.8, 4) is 0 Å². The molecule has 0 unspecified atom stereocenters. The van der Waals surface area contributed by atoms with Gasteiger partial charge in [-0.15, -0.1) is 0 Å². The summed E-state index contributed by atoms with van der Waals surface area (Å²) < 4.78 is 2.77. The number of hydrogen-bond donors (Lipinski definition) is 0. The van der Waals surface area contributed by atoms with Gasteiger partial charge in [0, 0.05) is 0 Å². The predicted molar refractivity (Wildman–Crippen MR) is 98.7 cm³/mol. The summed E-state index contributed by atoms with van der Waals surface area (Å²) >= 11 is -2.46. The number of hydrogen-bond acceptors (Lipinski definition) is 1. The molecule has 0 aromatic heterocycles. The molecule has 0 saturated heterocycles. The molecular weight excluding hydrogens is 487 g/mol. The molecule has 3 aromatic rings. The van der Waals surface area contributed by atoms with Crippen molar-refractivity contribution >= 4 is 46.4 Å². The van der Waals surface area contributed by atoms with Gasteiger partial charge < -0.3 is 0 Å². The van der Waals surface area contributed by atoms with E-state index in [0.29, 0.717) is 0 Å². The topological polar surface area (TPSA) is 3.24 Å². The maximum atomic E-state index is 7.08. The second-order valence-corrected chi connectivity index (χ2v) is 14.5. The fourth-order valence-electron chi connectivity index (χ4n) is 2.69. The van der Waals surface area contributed by atoms with Gasteiger partial charge in [0.05, 0.1) is 0 Å². The molecular formula is C19H19BiClN. The third-order valence-electron chi connectivity index (χ3n) is 3.67. The number of rotatable bonds is 4. The van der Waals surface area contributed by atoms with E-state index in [2.05, 4.69) is 85.7 Å². The van der Waals surface area contributed by atoms with Gasteiger partial charge >= 0.3 is 144 Å². The molecule has 0 saturated carbocycles. The van der Waals surface area contributed by atoms with Gasteiger partial charge in [-0.2, -0.15) is 0 Å². The molecule has 3 aromatic carbocycles. The molecule has 0 aliphatic heterocycles. The van der Waals surface area contributed by atoms with Crippen LogP contribution >= 0.6 is 8.51 Å². The summed E-state index contributed by atoms with van der Waals surface area (Å²) in [6, 6.07) is 23.7. The van der Waals surface area contributed by atoms with Crippen LogP contribution in [0.25, 0.3) is 10.8 Å². The molecule has 112 valence electrons. The summed E-state index contributed by atoms with van der Waals surface area (Å²) in [7, 11) is 11.3. The molecule has 1 nitrogen and oxygen atoms in total. The fraction of sp³-hybridized carbons (Fsp3) is 0.158. The van der Waals surface area contributed by atoms with Crippen LogP contribution in [-0.4, -0.2) is 39.6 Å². The van der Waals surface area contributed by atoms with E-state index < -0.39 is 20.6 Å². The van der Waals surface area contributed by atoms with E-state index in [-0.39, 0.29) is 0 Å². The van der Waals surface area contributed by atoms with Gasteiger partial charge in [0.25, 0.3) is 0 Å². The van der Waals surface area contributed by atoms with Crippen LogP contribution in [0.4, 0.5) is 0 Å². The van der Waals surface area contributed by atoms with Crippen molar-refractivity contribution in [1.29, 1.82) is 0 Å². The van der Waals surface area contributed by atoms with Crippen molar-refractivity contribution in [2.45, 2.75) is 6.54 Å². The van der Waals surface area contributed by atoms with Crippen molar-refractivity contribution in [2.24, 2.45) is 0 Å². The van der Waals surface area contributed by atoms with Crippen LogP contribution in [0, 0.1) is 0 Å². The Bertz CT molecular complexity index is 780. The van der Waals surface area contributed by atoms with Gasteiger partial charge in [0.1, 0.15) is 0 Å². The summed E-state index contributed by atoms with van der Waals surface area (Å²) in [4.78, 5) is 2.20. The quantitative estimate of drug-likeness (QED) is 0.492. The van der Waals surface area contributed by atoms with Gasteiger partial charge in [-0.3, -0.25) is 0 Å². The Balaban J connectivity index is 2.08. The molecule has 22 heavy (non-hydrogen) atoms. The zero-order valence-corrected chi connectivity index (χ0v) is 17.1. The van der Waals surface area contributed by atoms with E-state index in [1.54, 1.807) is 0 Å². The third-order valence-corrected chi connectivity index (χ3v) is 13.4. The van der Waals surface area contributed by atoms with Crippen LogP contribution in [0.1, 0.15) is 5.56 Å². The molecule has 0 heterocycles. The zero-order valence-electron chi connectivity index (χ0n) is 12.8. The Labute approximate surface area is 143 Å². The van der Waals surface area contributed by atoms with Crippen LogP contribution in [0.15, 0.2) is 66.7 Å². The Morgan fingerprint density at radius 1 is 0.818 bits per heavy atom. The van der Waals surface area contributed by atoms with E-state index in [1.165, 1.54) is 22.9 Å². The predicted octanol–water partition coefficient (Wildman–Crippen LogP) is 3.25. The van der Waals surface area contributed by atoms with Crippen LogP contribution < -0.4 is 6.54 Å². The summed E-state index contributed by atoms with van der Waals surface area (Å²) in [5.74, 6) is 0. The molecule has 3 heteroatoms. The molecule has 0 fully saturated rings. The first kappa shape index (κ1) is 15.9. The number of fused-ring (bicyclic) bond motifs is 1. The van der Waals surface area contributed by atoms with Crippen molar-refractivity contribution in [3.63, 3.8) is 0 Å². The molecule has 0 aliphatic carbocycles. The van der Waals surface area contributed by atoms with Gasteiger partial charge in [-0.05, 0) is 0 Å². The molecule has 0 radical (unpaired) electrons. The first-order chi connectivity index (χ1) is 10.7. The van der Waals surface area contributed by atoms with Crippen LogP contribution in [0.5, 0.6) is 0 Å². The summed E-state index contributed by atoms with van der Waals surface area (Å²) in [6.45, 7) is 0.944. The Morgan fingerprint density at radius 3 is 2.27 bits per heavy atom. The van der Waals surface area contributed by atoms with Crippen molar-refractivity contribution in [2.75, 3.05) is 14.1 Å². The van der Waals surface area contributed by atoms with Gasteiger partial charge in [0.2, 0.25) is 0 Å². The average Bonchev–Trinajstić information content (AvgIpc) is 2.54. The van der Waals surface area contributed by atoms with Crippen molar-refractivity contribution in [3.05, 3.63) is 72.3 Å². The molecule has 0 spiro atoms. The maximum absolute atomic E-state index is 7.08. The standard InChI is InChI=1S/C10H7.C9H12N.Bi.ClH/c1-2-6-10-8-4-3-7-9(10)5-1;1-10(2)8-9-6-4-3-5-7-9;;/h1-7H;3-6H,8H2,1-2H3;;1H/q;;+1;/p-1. The molecule has 0 bridgehead atoms. The monoisotopic (exact) mass is 505 g/mol. The fourth-order valence-corrected chi connectivity index (χ4v) is 11.3. The van der Waals surface area contributed by atoms with E-state index >= 15 is 0 Å². The number of halogens is 1. The van der Waals surface area contributed by atoms with Gasteiger partial charge in [0.15, 0.2) is 0 Å². The van der Waals surface area contributed by atoms with Crippen LogP contribution in [-0.2, 0) is 6.54 Å². The van der Waals surface area contributed by atoms with Crippen molar-refractivity contribution in [1.82, 2.24) is 4.90 Å². The molecule has 0 N–H and O–H groups in total. The molecule has 3 rings (SSSR count). The Hall–Kier alpha value is -0.947. The number of nitrogens with zero attached hydrogens (tertiary/aromatic N) is 1. The summed E-state index contributed by atoms with van der Waals surface area (Å²) in [5, 5.41) is 2.60. The van der Waals surface area contributed by atoms with E-state index in [1.807, 2.05) is 0 Å². The van der Waals surface area contributed by atoms with Crippen molar-refractivity contribution < 1.29 is 0 Å². The van der Waals surface area contributed by atoms with Crippen LogP contribution in [0.2, 0.25) is 0 Å².